The Bertz CT molecular complexity index is 1350. The van der Waals surface area contributed by atoms with Gasteiger partial charge in [-0.3, -0.25) is 4.79 Å². The lowest BCUT2D eigenvalue weighted by Gasteiger charge is -2.47. The van der Waals surface area contributed by atoms with Crippen molar-refractivity contribution in [3.63, 3.8) is 0 Å². The maximum Gasteiger partial charge on any atom is 0.308 e. The summed E-state index contributed by atoms with van der Waals surface area (Å²) in [6.07, 6.45) is 7.54. The molecule has 2 atom stereocenters. The molecule has 4 fully saturated rings. The summed E-state index contributed by atoms with van der Waals surface area (Å²) in [5.41, 5.74) is 1.43. The summed E-state index contributed by atoms with van der Waals surface area (Å²) >= 11 is 0. The van der Waals surface area contributed by atoms with E-state index in [4.69, 9.17) is 0 Å². The molecule has 0 amide bonds. The molecule has 0 aliphatic heterocycles. The summed E-state index contributed by atoms with van der Waals surface area (Å²) in [5, 5.41) is 23.0. The summed E-state index contributed by atoms with van der Waals surface area (Å²) in [7, 11) is 0. The van der Waals surface area contributed by atoms with Crippen LogP contribution in [0.15, 0.2) is 12.4 Å². The zero-order chi connectivity index (χ0) is 23.6. The molecule has 3 aromatic heterocycles. The van der Waals surface area contributed by atoms with E-state index in [9.17, 15) is 19.6 Å². The van der Waals surface area contributed by atoms with Gasteiger partial charge in [0.05, 0.1) is 23.4 Å². The zero-order valence-electron chi connectivity index (χ0n) is 18.2. The van der Waals surface area contributed by atoms with Crippen molar-refractivity contribution in [1.29, 1.82) is 5.26 Å². The van der Waals surface area contributed by atoms with E-state index in [0.29, 0.717) is 11.2 Å². The molecule has 3 N–H and O–H groups in total. The standard InChI is InChI=1S/C24H22F2N6O2/c25-15-9-29-23-21(30-15)14(8-28-23)20-13(7-27)16(10-1-2-10)18(26)22(32-20)31-19-12-5-3-11(4-6-12)17(19)24(33)34/h8-12,17,19H,1-6H2,(H,28,29)(H,31,32)(H,33,34)/t11?,12?,17-,19-/m0/s1. The van der Waals surface area contributed by atoms with Crippen molar-refractivity contribution in [3.8, 4) is 17.3 Å². The summed E-state index contributed by atoms with van der Waals surface area (Å²) in [5.74, 6) is -2.89. The van der Waals surface area contributed by atoms with Crippen LogP contribution in [0.4, 0.5) is 14.6 Å². The number of hydrogen-bond donors (Lipinski definition) is 3. The highest BCUT2D eigenvalue weighted by Crippen LogP contribution is 2.49. The average molecular weight is 464 g/mol. The van der Waals surface area contributed by atoms with Gasteiger partial charge in [0.25, 0.3) is 0 Å². The molecule has 4 saturated carbocycles. The quantitative estimate of drug-likeness (QED) is 0.512. The van der Waals surface area contributed by atoms with Gasteiger partial charge in [0.15, 0.2) is 17.3 Å². The number of H-pyrrole nitrogens is 1. The van der Waals surface area contributed by atoms with Crippen LogP contribution in [0, 0.1) is 40.8 Å². The number of aromatic nitrogens is 4. The number of carboxylic acids is 1. The number of fused-ring (bicyclic) bond motifs is 4. The third-order valence-corrected chi connectivity index (χ3v) is 7.69. The molecule has 3 heterocycles. The van der Waals surface area contributed by atoms with E-state index >= 15 is 4.39 Å². The van der Waals surface area contributed by atoms with Crippen molar-refractivity contribution < 1.29 is 18.7 Å². The van der Waals surface area contributed by atoms with Gasteiger partial charge in [-0.05, 0) is 56.3 Å². The van der Waals surface area contributed by atoms with Crippen LogP contribution in [-0.2, 0) is 4.79 Å². The molecule has 10 heteroatoms. The highest BCUT2D eigenvalue weighted by molar-refractivity contribution is 5.91. The highest BCUT2D eigenvalue weighted by Gasteiger charge is 2.48. The topological polar surface area (TPSA) is 128 Å². The molecule has 4 aliphatic carbocycles. The number of carboxylic acid groups (broad SMARTS) is 1. The van der Waals surface area contributed by atoms with E-state index in [2.05, 4.69) is 31.3 Å². The molecular formula is C24H22F2N6O2. The van der Waals surface area contributed by atoms with Crippen LogP contribution in [0.1, 0.15) is 55.6 Å². The zero-order valence-corrected chi connectivity index (χ0v) is 18.2. The van der Waals surface area contributed by atoms with Crippen LogP contribution in [0.25, 0.3) is 22.4 Å². The lowest BCUT2D eigenvalue weighted by atomic mass is 9.61. The molecule has 0 radical (unpaired) electrons. The van der Waals surface area contributed by atoms with Gasteiger partial charge in [-0.25, -0.2) is 19.3 Å². The highest BCUT2D eigenvalue weighted by atomic mass is 19.1. The first-order valence-corrected chi connectivity index (χ1v) is 11.6. The van der Waals surface area contributed by atoms with Crippen molar-refractivity contribution in [3.05, 3.63) is 35.3 Å². The van der Waals surface area contributed by atoms with Gasteiger partial charge >= 0.3 is 5.97 Å². The predicted octanol–water partition coefficient (Wildman–Crippen LogP) is 4.35. The third kappa shape index (κ3) is 3.22. The molecule has 8 nitrogen and oxygen atoms in total. The van der Waals surface area contributed by atoms with Crippen LogP contribution in [-0.4, -0.2) is 37.1 Å². The smallest absolute Gasteiger partial charge is 0.308 e. The van der Waals surface area contributed by atoms with Gasteiger partial charge in [0.1, 0.15) is 11.6 Å². The second-order valence-electron chi connectivity index (χ2n) is 9.60. The lowest BCUT2D eigenvalue weighted by molar-refractivity contribution is -0.148. The number of nitrogens with one attached hydrogen (secondary N) is 2. The van der Waals surface area contributed by atoms with Crippen LogP contribution in [0.2, 0.25) is 0 Å². The van der Waals surface area contributed by atoms with Gasteiger partial charge in [-0.1, -0.05) is 0 Å². The van der Waals surface area contributed by atoms with Gasteiger partial charge < -0.3 is 15.4 Å². The Kier molecular flexibility index (Phi) is 4.76. The number of pyridine rings is 1. The van der Waals surface area contributed by atoms with Gasteiger partial charge in [-0.2, -0.15) is 9.65 Å². The van der Waals surface area contributed by atoms with Crippen molar-refractivity contribution in [2.75, 3.05) is 5.32 Å². The first-order chi connectivity index (χ1) is 16.5. The lowest BCUT2D eigenvalue weighted by Crippen LogP contribution is -2.51. The normalized spacial score (nSPS) is 25.9. The Labute approximate surface area is 193 Å². The second-order valence-corrected chi connectivity index (χ2v) is 9.60. The van der Waals surface area contributed by atoms with Crippen molar-refractivity contribution in [2.45, 2.75) is 50.5 Å². The van der Waals surface area contributed by atoms with Gasteiger partial charge in [0.2, 0.25) is 5.95 Å². The molecule has 174 valence electrons. The van der Waals surface area contributed by atoms with E-state index in [1.165, 1.54) is 6.20 Å². The molecule has 0 saturated heterocycles. The van der Waals surface area contributed by atoms with Crippen molar-refractivity contribution in [1.82, 2.24) is 19.9 Å². The second kappa shape index (κ2) is 7.72. The van der Waals surface area contributed by atoms with E-state index < -0.39 is 29.7 Å². The first-order valence-electron chi connectivity index (χ1n) is 11.6. The molecular weight excluding hydrogens is 442 g/mol. The minimum Gasteiger partial charge on any atom is -0.481 e. The summed E-state index contributed by atoms with van der Waals surface area (Å²) in [6.45, 7) is 0. The SMILES string of the molecule is N#Cc1c(-c2c[nH]c3ncc(F)nc23)nc(N[C@H]2C3CCC(CC3)[C@@H]2C(=O)O)c(F)c1C1CC1. The number of halogens is 2. The van der Waals surface area contributed by atoms with Crippen LogP contribution in [0.3, 0.4) is 0 Å². The Hall–Kier alpha value is -3.61. The number of aliphatic carboxylic acids is 1. The third-order valence-electron chi connectivity index (χ3n) is 7.69. The molecule has 4 aliphatic rings. The average Bonchev–Trinajstić information content (AvgIpc) is 3.59. The van der Waals surface area contributed by atoms with E-state index in [-0.39, 0.29) is 45.9 Å². The van der Waals surface area contributed by atoms with Crippen LogP contribution in [0.5, 0.6) is 0 Å². The molecule has 7 rings (SSSR count). The van der Waals surface area contributed by atoms with Gasteiger partial charge in [0, 0.05) is 23.4 Å². The number of carbonyl (C=O) groups is 1. The van der Waals surface area contributed by atoms with E-state index in [1.54, 1.807) is 0 Å². The fourth-order valence-electron chi connectivity index (χ4n) is 5.96. The molecule has 3 aromatic rings. The number of rotatable bonds is 5. The largest absolute Gasteiger partial charge is 0.481 e. The number of aromatic amines is 1. The molecule has 0 unspecified atom stereocenters. The number of nitriles is 1. The number of hydrogen-bond acceptors (Lipinski definition) is 6. The fraction of sp³-hybridized carbons (Fsp3) is 0.458. The molecule has 2 bridgehead atoms. The first kappa shape index (κ1) is 21.0. The van der Waals surface area contributed by atoms with Gasteiger partial charge in [-0.15, -0.1) is 0 Å². The Morgan fingerprint density at radius 2 is 1.88 bits per heavy atom. The predicted molar refractivity (Wildman–Crippen MR) is 118 cm³/mol. The van der Waals surface area contributed by atoms with Crippen molar-refractivity contribution in [2.24, 2.45) is 17.8 Å². The van der Waals surface area contributed by atoms with E-state index in [1.807, 2.05) is 0 Å². The summed E-state index contributed by atoms with van der Waals surface area (Å²) in [4.78, 5) is 27.4. The minimum absolute atomic E-state index is 0.0516. The Morgan fingerprint density at radius 3 is 2.56 bits per heavy atom. The van der Waals surface area contributed by atoms with Crippen molar-refractivity contribution >= 4 is 23.0 Å². The number of anilines is 1. The van der Waals surface area contributed by atoms with Crippen LogP contribution >= 0.6 is 0 Å². The number of nitrogens with zero attached hydrogens (tertiary/aromatic N) is 4. The Morgan fingerprint density at radius 1 is 1.15 bits per heavy atom. The molecule has 0 spiro atoms. The minimum atomic E-state index is -0.883. The maximum absolute atomic E-state index is 15.8. The molecule has 34 heavy (non-hydrogen) atoms. The fourth-order valence-corrected chi connectivity index (χ4v) is 5.96. The maximum atomic E-state index is 15.8. The summed E-state index contributed by atoms with van der Waals surface area (Å²) in [6, 6.07) is 1.65. The monoisotopic (exact) mass is 464 g/mol. The Balaban J connectivity index is 1.51. The van der Waals surface area contributed by atoms with E-state index in [0.717, 1.165) is 44.7 Å². The van der Waals surface area contributed by atoms with Crippen LogP contribution < -0.4 is 5.32 Å². The summed E-state index contributed by atoms with van der Waals surface area (Å²) < 4.78 is 29.7. The molecule has 0 aromatic carbocycles.